The molecule has 0 heterocycles. The Labute approximate surface area is 120 Å². The molecule has 0 radical (unpaired) electrons. The van der Waals surface area contributed by atoms with Crippen molar-refractivity contribution in [3.05, 3.63) is 0 Å². The van der Waals surface area contributed by atoms with Crippen LogP contribution in [0.4, 0.5) is 0 Å². The zero-order valence-electron chi connectivity index (χ0n) is 12.1. The van der Waals surface area contributed by atoms with Crippen molar-refractivity contribution in [1.82, 2.24) is 5.32 Å². The topological polar surface area (TPSA) is 66.4 Å². The maximum absolute atomic E-state index is 12.6. The van der Waals surface area contributed by atoms with E-state index in [4.69, 9.17) is 5.11 Å². The molecule has 0 aromatic heterocycles. The van der Waals surface area contributed by atoms with Gasteiger partial charge < -0.3 is 10.4 Å². The number of carboxylic acid groups (broad SMARTS) is 1. The molecule has 0 aromatic rings. The Hall–Kier alpha value is -1.06. The third kappa shape index (κ3) is 2.70. The van der Waals surface area contributed by atoms with Crippen molar-refractivity contribution in [3.8, 4) is 0 Å². The Bertz CT molecular complexity index is 369. The van der Waals surface area contributed by atoms with Crippen LogP contribution in [-0.2, 0) is 9.59 Å². The van der Waals surface area contributed by atoms with Crippen molar-refractivity contribution < 1.29 is 14.7 Å². The normalized spacial score (nSPS) is 37.9. The fourth-order valence-electron chi connectivity index (χ4n) is 5.18. The minimum absolute atomic E-state index is 0.0679. The van der Waals surface area contributed by atoms with Crippen LogP contribution in [-0.4, -0.2) is 23.5 Å². The molecule has 4 bridgehead atoms. The lowest BCUT2D eigenvalue weighted by Gasteiger charge is -2.55. The zero-order valence-corrected chi connectivity index (χ0v) is 12.1. The average molecular weight is 279 g/mol. The lowest BCUT2D eigenvalue weighted by molar-refractivity contribution is -0.146. The number of carbonyl (C=O) groups excluding carboxylic acids is 1. The van der Waals surface area contributed by atoms with Gasteiger partial charge in [0.2, 0.25) is 5.91 Å². The van der Waals surface area contributed by atoms with Gasteiger partial charge in [-0.25, -0.2) is 0 Å². The van der Waals surface area contributed by atoms with E-state index in [2.05, 4.69) is 5.32 Å². The van der Waals surface area contributed by atoms with Gasteiger partial charge >= 0.3 is 5.97 Å². The highest BCUT2D eigenvalue weighted by atomic mass is 16.4. The smallest absolute Gasteiger partial charge is 0.303 e. The van der Waals surface area contributed by atoms with Crippen molar-refractivity contribution in [1.29, 1.82) is 0 Å². The first kappa shape index (κ1) is 13.9. The number of unbranched alkanes of at least 4 members (excludes halogenated alkanes) is 1. The second-order valence-corrected chi connectivity index (χ2v) is 7.30. The predicted molar refractivity (Wildman–Crippen MR) is 75.1 cm³/mol. The minimum Gasteiger partial charge on any atom is -0.481 e. The summed E-state index contributed by atoms with van der Waals surface area (Å²) < 4.78 is 0. The molecule has 4 fully saturated rings. The SMILES string of the molecule is O=C(O)CCCCNC(=O)C12CC3CC(CC(C3)C1)C2. The van der Waals surface area contributed by atoms with Gasteiger partial charge in [-0.15, -0.1) is 0 Å². The number of rotatable bonds is 6. The van der Waals surface area contributed by atoms with E-state index >= 15 is 0 Å². The van der Waals surface area contributed by atoms with Crippen LogP contribution in [0.25, 0.3) is 0 Å². The van der Waals surface area contributed by atoms with Crippen LogP contribution in [0.2, 0.25) is 0 Å². The molecule has 0 aliphatic heterocycles. The highest BCUT2D eigenvalue weighted by Crippen LogP contribution is 2.60. The van der Waals surface area contributed by atoms with Gasteiger partial charge in [-0.1, -0.05) is 0 Å². The first-order valence-corrected chi connectivity index (χ1v) is 8.07. The standard InChI is InChI=1S/C16H25NO3/c18-14(19)3-1-2-4-17-15(20)16-8-11-5-12(9-16)7-13(6-11)10-16/h11-13H,1-10H2,(H,17,20)(H,18,19). The van der Waals surface area contributed by atoms with Gasteiger partial charge in [0.25, 0.3) is 0 Å². The van der Waals surface area contributed by atoms with Gasteiger partial charge in [0.05, 0.1) is 0 Å². The molecule has 20 heavy (non-hydrogen) atoms. The van der Waals surface area contributed by atoms with Crippen molar-refractivity contribution in [3.63, 3.8) is 0 Å². The van der Waals surface area contributed by atoms with Crippen LogP contribution in [0.1, 0.15) is 57.8 Å². The molecule has 4 nitrogen and oxygen atoms in total. The highest BCUT2D eigenvalue weighted by molar-refractivity contribution is 5.83. The molecule has 4 rings (SSSR count). The molecule has 0 atom stereocenters. The first-order chi connectivity index (χ1) is 9.57. The van der Waals surface area contributed by atoms with E-state index < -0.39 is 5.97 Å². The molecule has 0 unspecified atom stereocenters. The highest BCUT2D eigenvalue weighted by Gasteiger charge is 2.54. The molecule has 4 aliphatic carbocycles. The fourth-order valence-corrected chi connectivity index (χ4v) is 5.18. The number of hydrogen-bond donors (Lipinski definition) is 2. The van der Waals surface area contributed by atoms with Gasteiger partial charge in [-0.05, 0) is 69.1 Å². The largest absolute Gasteiger partial charge is 0.481 e. The van der Waals surface area contributed by atoms with Crippen LogP contribution >= 0.6 is 0 Å². The molecule has 4 saturated carbocycles. The summed E-state index contributed by atoms with van der Waals surface area (Å²) in [4.78, 5) is 23.0. The summed E-state index contributed by atoms with van der Waals surface area (Å²) in [6, 6.07) is 0. The summed E-state index contributed by atoms with van der Waals surface area (Å²) in [5.41, 5.74) is -0.0679. The lowest BCUT2D eigenvalue weighted by atomic mass is 9.49. The Morgan fingerprint density at radius 3 is 2.05 bits per heavy atom. The van der Waals surface area contributed by atoms with E-state index in [0.29, 0.717) is 13.0 Å². The van der Waals surface area contributed by atoms with E-state index in [1.165, 1.54) is 19.3 Å². The second kappa shape index (κ2) is 5.38. The second-order valence-electron chi connectivity index (χ2n) is 7.30. The van der Waals surface area contributed by atoms with Crippen LogP contribution in [0.5, 0.6) is 0 Å². The number of aliphatic carboxylic acids is 1. The van der Waals surface area contributed by atoms with Crippen LogP contribution < -0.4 is 5.32 Å². The lowest BCUT2D eigenvalue weighted by Crippen LogP contribution is -2.53. The molecule has 0 spiro atoms. The molecule has 4 aliphatic rings. The van der Waals surface area contributed by atoms with Gasteiger partial charge in [0, 0.05) is 18.4 Å². The minimum atomic E-state index is -0.752. The maximum Gasteiger partial charge on any atom is 0.303 e. The Morgan fingerprint density at radius 1 is 1.00 bits per heavy atom. The number of amides is 1. The van der Waals surface area contributed by atoms with Gasteiger partial charge in [-0.3, -0.25) is 9.59 Å². The summed E-state index contributed by atoms with van der Waals surface area (Å²) in [5, 5.41) is 11.7. The van der Waals surface area contributed by atoms with Crippen molar-refractivity contribution >= 4 is 11.9 Å². The van der Waals surface area contributed by atoms with Crippen LogP contribution in [0, 0.1) is 23.2 Å². The Kier molecular flexibility index (Phi) is 3.74. The van der Waals surface area contributed by atoms with Crippen molar-refractivity contribution in [2.24, 2.45) is 23.2 Å². The Morgan fingerprint density at radius 2 is 1.55 bits per heavy atom. The molecule has 0 saturated heterocycles. The van der Waals surface area contributed by atoms with Gasteiger partial charge in [0.1, 0.15) is 0 Å². The first-order valence-electron chi connectivity index (χ1n) is 8.07. The fraction of sp³-hybridized carbons (Fsp3) is 0.875. The predicted octanol–water partition coefficient (Wildman–Crippen LogP) is 2.57. The third-order valence-corrected chi connectivity index (χ3v) is 5.62. The van der Waals surface area contributed by atoms with Crippen LogP contribution in [0.15, 0.2) is 0 Å². The molecule has 4 heteroatoms. The van der Waals surface area contributed by atoms with E-state index in [-0.39, 0.29) is 17.7 Å². The summed E-state index contributed by atoms with van der Waals surface area (Å²) in [5.74, 6) is 1.88. The van der Waals surface area contributed by atoms with E-state index in [1.54, 1.807) is 0 Å². The maximum atomic E-state index is 12.6. The van der Waals surface area contributed by atoms with E-state index in [9.17, 15) is 9.59 Å². The van der Waals surface area contributed by atoms with Gasteiger partial charge in [0.15, 0.2) is 0 Å². The summed E-state index contributed by atoms with van der Waals surface area (Å²) in [6.07, 6.45) is 8.97. The van der Waals surface area contributed by atoms with Gasteiger partial charge in [-0.2, -0.15) is 0 Å². The summed E-state index contributed by atoms with van der Waals surface area (Å²) >= 11 is 0. The monoisotopic (exact) mass is 279 g/mol. The molecule has 2 N–H and O–H groups in total. The van der Waals surface area contributed by atoms with Crippen LogP contribution in [0.3, 0.4) is 0 Å². The third-order valence-electron chi connectivity index (χ3n) is 5.62. The summed E-state index contributed by atoms with van der Waals surface area (Å²) in [6.45, 7) is 0.633. The average Bonchev–Trinajstić information content (AvgIpc) is 2.36. The van der Waals surface area contributed by atoms with E-state index in [1.807, 2.05) is 0 Å². The van der Waals surface area contributed by atoms with Crippen molar-refractivity contribution in [2.75, 3.05) is 6.54 Å². The number of carboxylic acids is 1. The van der Waals surface area contributed by atoms with E-state index in [0.717, 1.165) is 43.4 Å². The molecule has 112 valence electrons. The number of nitrogens with one attached hydrogen (secondary N) is 1. The zero-order chi connectivity index (χ0) is 14.2. The van der Waals surface area contributed by atoms with Crippen molar-refractivity contribution in [2.45, 2.75) is 57.8 Å². The Balaban J connectivity index is 1.48. The number of carbonyl (C=O) groups is 2. The molecule has 0 aromatic carbocycles. The molecular formula is C16H25NO3. The summed E-state index contributed by atoms with van der Waals surface area (Å²) in [7, 11) is 0. The number of hydrogen-bond acceptors (Lipinski definition) is 2. The quantitative estimate of drug-likeness (QED) is 0.734. The molecule has 1 amide bonds. The molecular weight excluding hydrogens is 254 g/mol.